The summed E-state index contributed by atoms with van der Waals surface area (Å²) in [7, 11) is 0. The minimum atomic E-state index is -0.159. The maximum absolute atomic E-state index is 6.45. The minimum absolute atomic E-state index is 0.159. The van der Waals surface area contributed by atoms with Crippen molar-refractivity contribution in [2.24, 2.45) is 22.6 Å². The van der Waals surface area contributed by atoms with Crippen molar-refractivity contribution in [1.29, 1.82) is 0 Å². The monoisotopic (exact) mass is 195 g/mol. The van der Waals surface area contributed by atoms with Crippen LogP contribution in [0.2, 0.25) is 0 Å². The summed E-state index contributed by atoms with van der Waals surface area (Å²) in [6, 6.07) is 0. The Morgan fingerprint density at radius 1 is 1.36 bits per heavy atom. The Bertz CT molecular complexity index is 237. The lowest BCUT2D eigenvalue weighted by Crippen LogP contribution is -2.56. The van der Waals surface area contributed by atoms with Crippen molar-refractivity contribution in [3.63, 3.8) is 0 Å². The van der Waals surface area contributed by atoms with E-state index in [1.165, 1.54) is 6.42 Å². The van der Waals surface area contributed by atoms with E-state index >= 15 is 0 Å². The van der Waals surface area contributed by atoms with Crippen LogP contribution >= 0.6 is 0 Å². The Labute approximate surface area is 86.2 Å². The zero-order valence-electron chi connectivity index (χ0n) is 9.21. The molecule has 2 rings (SSSR count). The summed E-state index contributed by atoms with van der Waals surface area (Å²) < 4.78 is 0. The summed E-state index contributed by atoms with van der Waals surface area (Å²) in [6.45, 7) is 6.47. The maximum Gasteiger partial charge on any atom is 0.117 e. The molecule has 0 amide bonds. The van der Waals surface area contributed by atoms with Crippen LogP contribution in [-0.4, -0.2) is 24.5 Å². The molecule has 3 nitrogen and oxygen atoms in total. The smallest absolute Gasteiger partial charge is 0.117 e. The highest BCUT2D eigenvalue weighted by molar-refractivity contribution is 5.92. The number of aliphatic imine (C=N–C) groups is 1. The van der Waals surface area contributed by atoms with E-state index in [1.54, 1.807) is 0 Å². The normalized spacial score (nSPS) is 43.2. The third kappa shape index (κ3) is 1.78. The lowest BCUT2D eigenvalue weighted by molar-refractivity contribution is 0.231. The van der Waals surface area contributed by atoms with Gasteiger partial charge in [0.05, 0.1) is 12.1 Å². The van der Waals surface area contributed by atoms with E-state index < -0.39 is 0 Å². The van der Waals surface area contributed by atoms with Crippen molar-refractivity contribution < 1.29 is 0 Å². The second-order valence-electron chi connectivity index (χ2n) is 5.17. The van der Waals surface area contributed by atoms with Gasteiger partial charge in [-0.2, -0.15) is 0 Å². The van der Waals surface area contributed by atoms with Crippen molar-refractivity contribution in [2.75, 3.05) is 13.1 Å². The highest BCUT2D eigenvalue weighted by Crippen LogP contribution is 2.35. The number of amidine groups is 1. The van der Waals surface area contributed by atoms with Gasteiger partial charge in [0, 0.05) is 6.54 Å². The highest BCUT2D eigenvalue weighted by Gasteiger charge is 2.39. The van der Waals surface area contributed by atoms with Crippen molar-refractivity contribution in [3.8, 4) is 0 Å². The first-order chi connectivity index (χ1) is 6.60. The Hall–Kier alpha value is -0.570. The molecule has 0 aromatic rings. The number of nitrogens with one attached hydrogen (secondary N) is 1. The van der Waals surface area contributed by atoms with E-state index in [4.69, 9.17) is 5.73 Å². The topological polar surface area (TPSA) is 50.4 Å². The molecule has 3 N–H and O–H groups in total. The quantitative estimate of drug-likeness (QED) is 0.659. The molecule has 0 radical (unpaired) electrons. The second kappa shape index (κ2) is 3.54. The summed E-state index contributed by atoms with van der Waals surface area (Å²) in [5.74, 6) is 2.53. The highest BCUT2D eigenvalue weighted by atomic mass is 15.1. The summed E-state index contributed by atoms with van der Waals surface area (Å²) in [5.41, 5.74) is 6.29. The average Bonchev–Trinajstić information content (AvgIpc) is 2.52. The van der Waals surface area contributed by atoms with Gasteiger partial charge >= 0.3 is 0 Å². The van der Waals surface area contributed by atoms with Crippen molar-refractivity contribution in [1.82, 2.24) is 5.32 Å². The van der Waals surface area contributed by atoms with Gasteiger partial charge in [0.15, 0.2) is 0 Å². The van der Waals surface area contributed by atoms with E-state index in [0.717, 1.165) is 43.6 Å². The van der Waals surface area contributed by atoms with Crippen molar-refractivity contribution in [2.45, 2.75) is 38.6 Å². The number of nitrogens with two attached hydrogens (primary N) is 1. The molecule has 0 aromatic carbocycles. The lowest BCUT2D eigenvalue weighted by atomic mass is 9.71. The first-order valence-corrected chi connectivity index (χ1v) is 5.68. The van der Waals surface area contributed by atoms with Gasteiger partial charge in [0.25, 0.3) is 0 Å². The van der Waals surface area contributed by atoms with E-state index in [2.05, 4.69) is 24.2 Å². The molecule has 2 aliphatic rings. The van der Waals surface area contributed by atoms with E-state index in [1.807, 2.05) is 0 Å². The molecule has 1 heterocycles. The molecule has 80 valence electrons. The largest absolute Gasteiger partial charge is 0.370 e. The predicted octanol–water partition coefficient (Wildman–Crippen LogP) is 1.14. The predicted molar refractivity (Wildman–Crippen MR) is 59.4 cm³/mol. The Kier molecular flexibility index (Phi) is 2.52. The van der Waals surface area contributed by atoms with E-state index in [-0.39, 0.29) is 5.54 Å². The Morgan fingerprint density at radius 2 is 2.00 bits per heavy atom. The molecular formula is C11H21N3. The van der Waals surface area contributed by atoms with Crippen LogP contribution in [0, 0.1) is 11.8 Å². The number of nitrogens with zero attached hydrogens (tertiary/aromatic N) is 1. The Morgan fingerprint density at radius 3 is 2.50 bits per heavy atom. The van der Waals surface area contributed by atoms with Crippen LogP contribution in [0.3, 0.4) is 0 Å². The molecule has 1 aliphatic carbocycles. The fraction of sp³-hybridized carbons (Fsp3) is 0.909. The fourth-order valence-corrected chi connectivity index (χ4v) is 3.11. The molecule has 3 heteroatoms. The molecule has 0 saturated heterocycles. The molecule has 1 aliphatic heterocycles. The summed E-state index contributed by atoms with van der Waals surface area (Å²) in [6.07, 6.45) is 3.48. The molecule has 14 heavy (non-hydrogen) atoms. The minimum Gasteiger partial charge on any atom is -0.370 e. The summed E-state index contributed by atoms with van der Waals surface area (Å²) >= 11 is 0. The van der Waals surface area contributed by atoms with Crippen LogP contribution in [0.15, 0.2) is 4.99 Å². The van der Waals surface area contributed by atoms with Gasteiger partial charge in [0.1, 0.15) is 5.84 Å². The molecule has 2 atom stereocenters. The average molecular weight is 195 g/mol. The maximum atomic E-state index is 6.45. The van der Waals surface area contributed by atoms with Gasteiger partial charge in [-0.15, -0.1) is 0 Å². The zero-order valence-corrected chi connectivity index (χ0v) is 9.21. The number of hydrogen-bond acceptors (Lipinski definition) is 3. The first-order valence-electron chi connectivity index (χ1n) is 5.68. The van der Waals surface area contributed by atoms with Crippen molar-refractivity contribution in [3.05, 3.63) is 0 Å². The van der Waals surface area contributed by atoms with Crippen LogP contribution in [-0.2, 0) is 0 Å². The molecule has 0 spiro atoms. The summed E-state index contributed by atoms with van der Waals surface area (Å²) in [5, 5.41) is 3.33. The van der Waals surface area contributed by atoms with Crippen LogP contribution < -0.4 is 11.1 Å². The van der Waals surface area contributed by atoms with E-state index in [0.29, 0.717) is 0 Å². The molecule has 0 aromatic heterocycles. The molecule has 2 unspecified atom stereocenters. The van der Waals surface area contributed by atoms with Crippen LogP contribution in [0.1, 0.15) is 33.1 Å². The fourth-order valence-electron chi connectivity index (χ4n) is 3.11. The number of rotatable bonds is 1. The third-order valence-electron chi connectivity index (χ3n) is 3.38. The molecule has 0 bridgehead atoms. The van der Waals surface area contributed by atoms with Gasteiger partial charge in [0.2, 0.25) is 0 Å². The van der Waals surface area contributed by atoms with Crippen LogP contribution in [0.4, 0.5) is 0 Å². The van der Waals surface area contributed by atoms with Gasteiger partial charge < -0.3 is 11.1 Å². The van der Waals surface area contributed by atoms with Gasteiger partial charge in [-0.3, -0.25) is 4.99 Å². The first kappa shape index (κ1) is 9.97. The second-order valence-corrected chi connectivity index (χ2v) is 5.17. The standard InChI is InChI=1S/C11H21N3/c1-8-5-9(2)7-11(12,6-8)10-13-3-4-14-10/h8-9H,3-7,12H2,1-2H3,(H,13,14). The molecule has 1 saturated carbocycles. The molecule has 1 fully saturated rings. The van der Waals surface area contributed by atoms with Crippen LogP contribution in [0.25, 0.3) is 0 Å². The van der Waals surface area contributed by atoms with E-state index in [9.17, 15) is 0 Å². The molecular weight excluding hydrogens is 174 g/mol. The summed E-state index contributed by atoms with van der Waals surface area (Å²) in [4.78, 5) is 4.48. The Balaban J connectivity index is 2.13. The number of hydrogen-bond donors (Lipinski definition) is 2. The van der Waals surface area contributed by atoms with Gasteiger partial charge in [-0.05, 0) is 31.1 Å². The SMILES string of the molecule is CC1CC(C)CC(N)(C2=NCCN2)C1. The van der Waals surface area contributed by atoms with Gasteiger partial charge in [-0.25, -0.2) is 0 Å². The third-order valence-corrected chi connectivity index (χ3v) is 3.38. The lowest BCUT2D eigenvalue weighted by Gasteiger charge is -2.40. The van der Waals surface area contributed by atoms with Crippen molar-refractivity contribution >= 4 is 5.84 Å². The van der Waals surface area contributed by atoms with Gasteiger partial charge in [-0.1, -0.05) is 13.8 Å². The van der Waals surface area contributed by atoms with Crippen LogP contribution in [0.5, 0.6) is 0 Å². The zero-order chi connectivity index (χ0) is 10.2.